The lowest BCUT2D eigenvalue weighted by Crippen LogP contribution is -2.35. The largest absolute Gasteiger partial charge is 0.508 e. The molecule has 4 nitrogen and oxygen atoms in total. The molecule has 0 atom stereocenters. The first kappa shape index (κ1) is 14.5. The van der Waals surface area contributed by atoms with Gasteiger partial charge in [0.25, 0.3) is 0 Å². The SMILES string of the molecule is CCCCN(CCO)C(=O)Cc1cccc(O)c1. The first-order valence-electron chi connectivity index (χ1n) is 6.34. The lowest BCUT2D eigenvalue weighted by Gasteiger charge is -2.21. The number of rotatable bonds is 7. The van der Waals surface area contributed by atoms with Crippen molar-refractivity contribution >= 4 is 5.91 Å². The van der Waals surface area contributed by atoms with E-state index in [1.165, 1.54) is 0 Å². The predicted octanol–water partition coefficient (Wildman–Crippen LogP) is 1.56. The average Bonchev–Trinajstić information content (AvgIpc) is 2.34. The summed E-state index contributed by atoms with van der Waals surface area (Å²) in [4.78, 5) is 13.7. The number of nitrogens with zero attached hydrogens (tertiary/aromatic N) is 1. The van der Waals surface area contributed by atoms with Crippen LogP contribution in [-0.4, -0.2) is 40.7 Å². The van der Waals surface area contributed by atoms with Crippen LogP contribution in [0.2, 0.25) is 0 Å². The summed E-state index contributed by atoms with van der Waals surface area (Å²) in [5.41, 5.74) is 0.791. The Morgan fingerprint density at radius 3 is 2.72 bits per heavy atom. The van der Waals surface area contributed by atoms with E-state index in [0.717, 1.165) is 18.4 Å². The van der Waals surface area contributed by atoms with Gasteiger partial charge in [-0.15, -0.1) is 0 Å². The third kappa shape index (κ3) is 4.75. The van der Waals surface area contributed by atoms with Gasteiger partial charge in [-0.3, -0.25) is 4.79 Å². The standard InChI is InChI=1S/C14H21NO3/c1-2-3-7-15(8-9-16)14(18)11-12-5-4-6-13(17)10-12/h4-6,10,16-17H,2-3,7-9,11H2,1H3. The first-order chi connectivity index (χ1) is 8.67. The Labute approximate surface area is 108 Å². The molecule has 0 fully saturated rings. The zero-order valence-corrected chi connectivity index (χ0v) is 10.8. The molecule has 1 aromatic carbocycles. The number of carbonyl (C=O) groups excluding carboxylic acids is 1. The van der Waals surface area contributed by atoms with E-state index < -0.39 is 0 Å². The molecule has 1 amide bonds. The molecule has 0 heterocycles. The topological polar surface area (TPSA) is 60.8 Å². The number of benzene rings is 1. The minimum Gasteiger partial charge on any atom is -0.508 e. The molecule has 0 bridgehead atoms. The van der Waals surface area contributed by atoms with Gasteiger partial charge in [-0.2, -0.15) is 0 Å². The van der Waals surface area contributed by atoms with Crippen LogP contribution in [-0.2, 0) is 11.2 Å². The van der Waals surface area contributed by atoms with Gasteiger partial charge in [0.1, 0.15) is 5.75 Å². The average molecular weight is 251 g/mol. The maximum absolute atomic E-state index is 12.1. The maximum atomic E-state index is 12.1. The van der Waals surface area contributed by atoms with Crippen molar-refractivity contribution in [2.75, 3.05) is 19.7 Å². The molecular formula is C14H21NO3. The molecule has 1 aromatic rings. The third-order valence-electron chi connectivity index (χ3n) is 2.77. The van der Waals surface area contributed by atoms with Crippen molar-refractivity contribution in [3.8, 4) is 5.75 Å². The van der Waals surface area contributed by atoms with Crippen molar-refractivity contribution in [2.24, 2.45) is 0 Å². The van der Waals surface area contributed by atoms with Gasteiger partial charge in [-0.25, -0.2) is 0 Å². The number of unbranched alkanes of at least 4 members (excludes halogenated alkanes) is 1. The second-order valence-corrected chi connectivity index (χ2v) is 4.30. The van der Waals surface area contributed by atoms with Crippen molar-refractivity contribution < 1.29 is 15.0 Å². The van der Waals surface area contributed by atoms with Gasteiger partial charge in [-0.05, 0) is 24.1 Å². The van der Waals surface area contributed by atoms with Crippen LogP contribution in [0.5, 0.6) is 5.75 Å². The number of aromatic hydroxyl groups is 1. The molecule has 0 spiro atoms. The van der Waals surface area contributed by atoms with E-state index in [0.29, 0.717) is 13.1 Å². The van der Waals surface area contributed by atoms with Gasteiger partial charge >= 0.3 is 0 Å². The number of aliphatic hydroxyl groups excluding tert-OH is 1. The summed E-state index contributed by atoms with van der Waals surface area (Å²) in [7, 11) is 0. The molecule has 0 radical (unpaired) electrons. The minimum atomic E-state index is -0.0184. The Morgan fingerprint density at radius 1 is 1.33 bits per heavy atom. The van der Waals surface area contributed by atoms with Gasteiger partial charge in [0.05, 0.1) is 13.0 Å². The van der Waals surface area contributed by atoms with E-state index in [1.807, 2.05) is 6.07 Å². The van der Waals surface area contributed by atoms with Crippen LogP contribution in [0.25, 0.3) is 0 Å². The Morgan fingerprint density at radius 2 is 2.11 bits per heavy atom. The van der Waals surface area contributed by atoms with Gasteiger partial charge in [0.15, 0.2) is 0 Å². The predicted molar refractivity (Wildman–Crippen MR) is 70.4 cm³/mol. The number of phenolic OH excluding ortho intramolecular Hbond substituents is 1. The highest BCUT2D eigenvalue weighted by molar-refractivity contribution is 5.78. The highest BCUT2D eigenvalue weighted by Gasteiger charge is 2.13. The monoisotopic (exact) mass is 251 g/mol. The molecular weight excluding hydrogens is 230 g/mol. The van der Waals surface area contributed by atoms with Gasteiger partial charge in [0.2, 0.25) is 5.91 Å². The van der Waals surface area contributed by atoms with Crippen molar-refractivity contribution in [2.45, 2.75) is 26.2 Å². The highest BCUT2D eigenvalue weighted by atomic mass is 16.3. The number of carbonyl (C=O) groups is 1. The van der Waals surface area contributed by atoms with Crippen molar-refractivity contribution in [3.63, 3.8) is 0 Å². The lowest BCUT2D eigenvalue weighted by molar-refractivity contribution is -0.131. The number of hydrogen-bond acceptors (Lipinski definition) is 3. The van der Waals surface area contributed by atoms with E-state index in [-0.39, 0.29) is 24.7 Å². The van der Waals surface area contributed by atoms with E-state index in [4.69, 9.17) is 5.11 Å². The summed E-state index contributed by atoms with van der Waals surface area (Å²) in [5, 5.41) is 18.3. The quantitative estimate of drug-likeness (QED) is 0.773. The molecule has 0 saturated carbocycles. The molecule has 0 aromatic heterocycles. The molecule has 0 aliphatic heterocycles. The number of amides is 1. The van der Waals surface area contributed by atoms with Crippen LogP contribution < -0.4 is 0 Å². The van der Waals surface area contributed by atoms with E-state index in [9.17, 15) is 9.90 Å². The number of phenols is 1. The maximum Gasteiger partial charge on any atom is 0.227 e. The summed E-state index contributed by atoms with van der Waals surface area (Å²) in [6.07, 6.45) is 2.21. The fourth-order valence-electron chi connectivity index (χ4n) is 1.78. The molecule has 18 heavy (non-hydrogen) atoms. The van der Waals surface area contributed by atoms with Crippen LogP contribution >= 0.6 is 0 Å². The fraction of sp³-hybridized carbons (Fsp3) is 0.500. The smallest absolute Gasteiger partial charge is 0.227 e. The minimum absolute atomic E-state index is 0.0110. The molecule has 100 valence electrons. The summed E-state index contributed by atoms with van der Waals surface area (Å²) in [5.74, 6) is 0.158. The zero-order chi connectivity index (χ0) is 13.4. The molecule has 0 saturated heterocycles. The molecule has 0 aliphatic carbocycles. The summed E-state index contributed by atoms with van der Waals surface area (Å²) in [6, 6.07) is 6.71. The van der Waals surface area contributed by atoms with Crippen LogP contribution in [0.1, 0.15) is 25.3 Å². The normalized spacial score (nSPS) is 10.3. The van der Waals surface area contributed by atoms with E-state index >= 15 is 0 Å². The lowest BCUT2D eigenvalue weighted by atomic mass is 10.1. The Balaban J connectivity index is 2.60. The van der Waals surface area contributed by atoms with Crippen LogP contribution in [0.4, 0.5) is 0 Å². The second-order valence-electron chi connectivity index (χ2n) is 4.30. The highest BCUT2D eigenvalue weighted by Crippen LogP contribution is 2.12. The molecule has 2 N–H and O–H groups in total. The van der Waals surface area contributed by atoms with Gasteiger partial charge in [0, 0.05) is 13.1 Å². The van der Waals surface area contributed by atoms with Crippen molar-refractivity contribution in [1.82, 2.24) is 4.90 Å². The summed E-state index contributed by atoms with van der Waals surface area (Å²) < 4.78 is 0. The van der Waals surface area contributed by atoms with Gasteiger partial charge < -0.3 is 15.1 Å². The second kappa shape index (κ2) is 7.71. The van der Waals surface area contributed by atoms with Crippen LogP contribution in [0, 0.1) is 0 Å². The molecule has 1 rings (SSSR count). The Bertz CT molecular complexity index is 379. The molecule has 0 unspecified atom stereocenters. The zero-order valence-electron chi connectivity index (χ0n) is 10.8. The number of aliphatic hydroxyl groups is 1. The number of hydrogen-bond donors (Lipinski definition) is 2. The Hall–Kier alpha value is -1.55. The fourth-order valence-corrected chi connectivity index (χ4v) is 1.78. The third-order valence-corrected chi connectivity index (χ3v) is 2.77. The van der Waals surface area contributed by atoms with Crippen molar-refractivity contribution in [1.29, 1.82) is 0 Å². The summed E-state index contributed by atoms with van der Waals surface area (Å²) in [6.45, 7) is 3.10. The van der Waals surface area contributed by atoms with Crippen LogP contribution in [0.3, 0.4) is 0 Å². The van der Waals surface area contributed by atoms with Crippen molar-refractivity contribution in [3.05, 3.63) is 29.8 Å². The van der Waals surface area contributed by atoms with E-state index in [1.54, 1.807) is 23.1 Å². The van der Waals surface area contributed by atoms with E-state index in [2.05, 4.69) is 6.92 Å². The van der Waals surface area contributed by atoms with Gasteiger partial charge in [-0.1, -0.05) is 25.5 Å². The van der Waals surface area contributed by atoms with Crippen LogP contribution in [0.15, 0.2) is 24.3 Å². The summed E-state index contributed by atoms with van der Waals surface area (Å²) >= 11 is 0. The molecule has 4 heteroatoms. The molecule has 0 aliphatic rings. The first-order valence-corrected chi connectivity index (χ1v) is 6.34. The Kier molecular flexibility index (Phi) is 6.22.